The minimum absolute atomic E-state index is 0.0442. The van der Waals surface area contributed by atoms with Crippen molar-refractivity contribution < 1.29 is 18.1 Å². The molecule has 156 valence electrons. The summed E-state index contributed by atoms with van der Waals surface area (Å²) in [6.07, 6.45) is 5.14. The van der Waals surface area contributed by atoms with Gasteiger partial charge in [-0.3, -0.25) is 4.79 Å². The van der Waals surface area contributed by atoms with E-state index in [9.17, 15) is 18.1 Å². The molecule has 3 aromatic rings. The second kappa shape index (κ2) is 8.12. The molecule has 2 aromatic carbocycles. The van der Waals surface area contributed by atoms with Crippen LogP contribution >= 0.6 is 0 Å². The van der Waals surface area contributed by atoms with E-state index in [1.807, 2.05) is 6.07 Å². The highest BCUT2D eigenvalue weighted by Crippen LogP contribution is 2.41. The van der Waals surface area contributed by atoms with Crippen LogP contribution in [0, 0.1) is 11.6 Å². The Labute approximate surface area is 175 Å². The van der Waals surface area contributed by atoms with Gasteiger partial charge in [0.25, 0.3) is 5.56 Å². The first kappa shape index (κ1) is 20.4. The molecule has 0 saturated heterocycles. The number of halogens is 2. The van der Waals surface area contributed by atoms with E-state index in [0.717, 1.165) is 30.5 Å². The summed E-state index contributed by atoms with van der Waals surface area (Å²) in [6, 6.07) is 9.93. The topological polar surface area (TPSA) is 66.3 Å². The van der Waals surface area contributed by atoms with Crippen molar-refractivity contribution in [2.24, 2.45) is 7.05 Å². The van der Waals surface area contributed by atoms with Crippen LogP contribution in [0.4, 0.5) is 14.5 Å². The molecule has 1 unspecified atom stereocenters. The molecule has 0 spiro atoms. The van der Waals surface area contributed by atoms with E-state index in [2.05, 4.69) is 4.72 Å². The lowest BCUT2D eigenvalue weighted by molar-refractivity contribution is 0.439. The van der Waals surface area contributed by atoms with Crippen molar-refractivity contribution in [3.8, 4) is 22.6 Å². The second-order valence-electron chi connectivity index (χ2n) is 7.32. The second-order valence-corrected chi connectivity index (χ2v) is 8.43. The normalized spacial score (nSPS) is 14.4. The molecule has 8 heteroatoms. The lowest BCUT2D eigenvalue weighted by atomic mass is 10.0. The fraction of sp³-hybridized carbons (Fsp3) is 0.227. The smallest absolute Gasteiger partial charge is 0.253 e. The Balaban J connectivity index is 1.82. The molecule has 1 fully saturated rings. The Morgan fingerprint density at radius 2 is 1.87 bits per heavy atom. The van der Waals surface area contributed by atoms with Crippen LogP contribution in [0.25, 0.3) is 11.1 Å². The molecule has 4 rings (SSSR count). The maximum atomic E-state index is 14.2. The first-order valence-electron chi connectivity index (χ1n) is 9.40. The largest absolute Gasteiger partial charge is 0.593 e. The average molecular weight is 430 g/mol. The number of ether oxygens (including phenoxy) is 1. The number of hydrogen-bond acceptors (Lipinski definition) is 4. The van der Waals surface area contributed by atoms with Gasteiger partial charge in [0.05, 0.1) is 17.0 Å². The predicted molar refractivity (Wildman–Crippen MR) is 113 cm³/mol. The highest BCUT2D eigenvalue weighted by Gasteiger charge is 2.27. The third-order valence-corrected chi connectivity index (χ3v) is 5.42. The van der Waals surface area contributed by atoms with Crippen molar-refractivity contribution in [1.29, 1.82) is 0 Å². The summed E-state index contributed by atoms with van der Waals surface area (Å²) in [5.74, 6) is -1.07. The molecule has 1 atom stereocenters. The maximum absolute atomic E-state index is 14.2. The molecule has 5 nitrogen and oxygen atoms in total. The summed E-state index contributed by atoms with van der Waals surface area (Å²) in [4.78, 5) is 12.5. The summed E-state index contributed by atoms with van der Waals surface area (Å²) < 4.78 is 49.1. The number of pyridine rings is 1. The van der Waals surface area contributed by atoms with Crippen molar-refractivity contribution in [2.45, 2.75) is 18.8 Å². The Hall–Kier alpha value is -2.84. The Morgan fingerprint density at radius 1 is 1.13 bits per heavy atom. The highest BCUT2D eigenvalue weighted by atomic mass is 32.2. The molecular formula is C22H20F2N2O3S. The van der Waals surface area contributed by atoms with E-state index in [4.69, 9.17) is 4.74 Å². The van der Waals surface area contributed by atoms with Crippen molar-refractivity contribution in [3.05, 3.63) is 76.2 Å². The number of aromatic nitrogens is 1. The molecule has 30 heavy (non-hydrogen) atoms. The molecule has 0 bridgehead atoms. The van der Waals surface area contributed by atoms with Crippen molar-refractivity contribution in [1.82, 2.24) is 4.57 Å². The lowest BCUT2D eigenvalue weighted by Gasteiger charge is -2.16. The van der Waals surface area contributed by atoms with Crippen LogP contribution in [-0.2, 0) is 18.4 Å². The Kier molecular flexibility index (Phi) is 5.53. The van der Waals surface area contributed by atoms with Crippen molar-refractivity contribution >= 4 is 17.0 Å². The molecular weight excluding hydrogens is 410 g/mol. The van der Waals surface area contributed by atoms with Gasteiger partial charge in [-0.05, 0) is 55.2 Å². The molecule has 1 N–H and O–H groups in total. The summed E-state index contributed by atoms with van der Waals surface area (Å²) in [7, 11) is 1.68. The third kappa shape index (κ3) is 4.34. The monoisotopic (exact) mass is 430 g/mol. The number of aryl methyl sites for hydroxylation is 1. The summed E-state index contributed by atoms with van der Waals surface area (Å²) in [6.45, 7) is 0. The summed E-state index contributed by atoms with van der Waals surface area (Å²) in [5.41, 5.74) is 2.57. The van der Waals surface area contributed by atoms with Crippen molar-refractivity contribution in [3.63, 3.8) is 0 Å². The number of hydrogen-bond donors (Lipinski definition) is 1. The number of rotatable bonds is 6. The minimum atomic E-state index is -1.29. The van der Waals surface area contributed by atoms with E-state index in [0.29, 0.717) is 22.6 Å². The van der Waals surface area contributed by atoms with Crippen LogP contribution in [0.15, 0.2) is 53.5 Å². The van der Waals surface area contributed by atoms with E-state index >= 15 is 0 Å². The predicted octanol–water partition coefficient (Wildman–Crippen LogP) is 4.71. The molecule has 0 radical (unpaired) electrons. The number of nitrogens with one attached hydrogen (secondary N) is 1. The van der Waals surface area contributed by atoms with Crippen LogP contribution < -0.4 is 15.0 Å². The van der Waals surface area contributed by atoms with Gasteiger partial charge in [0.2, 0.25) is 0 Å². The fourth-order valence-electron chi connectivity index (χ4n) is 3.32. The summed E-state index contributed by atoms with van der Waals surface area (Å²) in [5, 5.41) is 0. The molecule has 1 saturated carbocycles. The van der Waals surface area contributed by atoms with Gasteiger partial charge in [0, 0.05) is 36.0 Å². The summed E-state index contributed by atoms with van der Waals surface area (Å²) >= 11 is -1.29. The van der Waals surface area contributed by atoms with Crippen LogP contribution in [0.2, 0.25) is 0 Å². The zero-order chi connectivity index (χ0) is 21.4. The van der Waals surface area contributed by atoms with Gasteiger partial charge < -0.3 is 13.9 Å². The van der Waals surface area contributed by atoms with Gasteiger partial charge in [0.15, 0.2) is 11.6 Å². The molecule has 1 heterocycles. The number of nitrogens with zero attached hydrogens (tertiary/aromatic N) is 1. The number of benzene rings is 2. The first-order chi connectivity index (χ1) is 14.3. The van der Waals surface area contributed by atoms with E-state index in [1.54, 1.807) is 31.4 Å². The van der Waals surface area contributed by atoms with Crippen LogP contribution in [0.5, 0.6) is 11.5 Å². The standard InChI is InChI=1S/C22H20F2N2O3S/c1-26-12-14(9-18(22(26)27)13-3-4-13)17-11-16(25-30(2)28)6-8-20(17)29-21-7-5-15(23)10-19(21)24/h5-13,25H,3-4H2,1-2H3. The minimum Gasteiger partial charge on any atom is -0.593 e. The molecule has 1 aromatic heterocycles. The van der Waals surface area contributed by atoms with Gasteiger partial charge >= 0.3 is 0 Å². The molecule has 0 aliphatic heterocycles. The third-order valence-electron chi connectivity index (χ3n) is 4.89. The first-order valence-corrected chi connectivity index (χ1v) is 11.0. The van der Waals surface area contributed by atoms with Crippen LogP contribution in [-0.4, -0.2) is 15.4 Å². The number of anilines is 1. The van der Waals surface area contributed by atoms with Crippen LogP contribution in [0.3, 0.4) is 0 Å². The van der Waals surface area contributed by atoms with Gasteiger partial charge in [-0.25, -0.2) is 13.5 Å². The van der Waals surface area contributed by atoms with Crippen molar-refractivity contribution in [2.75, 3.05) is 11.0 Å². The van der Waals surface area contributed by atoms with E-state index < -0.39 is 23.0 Å². The van der Waals surface area contributed by atoms with Gasteiger partial charge in [-0.2, -0.15) is 0 Å². The van der Waals surface area contributed by atoms with E-state index in [1.165, 1.54) is 16.9 Å². The zero-order valence-corrected chi connectivity index (χ0v) is 17.3. The van der Waals surface area contributed by atoms with E-state index in [-0.39, 0.29) is 17.2 Å². The van der Waals surface area contributed by atoms with Crippen LogP contribution in [0.1, 0.15) is 24.3 Å². The quantitative estimate of drug-likeness (QED) is 0.576. The van der Waals surface area contributed by atoms with Gasteiger partial charge in [-0.15, -0.1) is 0 Å². The zero-order valence-electron chi connectivity index (χ0n) is 16.4. The molecule has 0 amide bonds. The van der Waals surface area contributed by atoms with Gasteiger partial charge in [0.1, 0.15) is 17.8 Å². The fourth-order valence-corrected chi connectivity index (χ4v) is 3.78. The maximum Gasteiger partial charge on any atom is 0.253 e. The SMILES string of the molecule is Cn1cc(-c2cc(N[S+](C)[O-])ccc2Oc2ccc(F)cc2F)cc(C2CC2)c1=O. The lowest BCUT2D eigenvalue weighted by Crippen LogP contribution is -2.20. The molecule has 1 aliphatic carbocycles. The average Bonchev–Trinajstić information content (AvgIpc) is 3.52. The van der Waals surface area contributed by atoms with Gasteiger partial charge in [-0.1, -0.05) is 0 Å². The molecule has 1 aliphatic rings. The Morgan fingerprint density at radius 3 is 2.53 bits per heavy atom. The Bertz CT molecular complexity index is 1160. The highest BCUT2D eigenvalue weighted by molar-refractivity contribution is 7.92.